The smallest absolute Gasteiger partial charge is 0.275 e. The Bertz CT molecular complexity index is 895. The highest BCUT2D eigenvalue weighted by atomic mass is 19.1. The highest BCUT2D eigenvalue weighted by Gasteiger charge is 2.19. The van der Waals surface area contributed by atoms with Crippen molar-refractivity contribution in [2.24, 2.45) is 0 Å². The molecule has 1 N–H and O–H groups in total. The average Bonchev–Trinajstić information content (AvgIpc) is 3.15. The van der Waals surface area contributed by atoms with Crippen LogP contribution in [-0.4, -0.2) is 35.9 Å². The van der Waals surface area contributed by atoms with Crippen molar-refractivity contribution in [3.63, 3.8) is 0 Å². The summed E-state index contributed by atoms with van der Waals surface area (Å²) >= 11 is 0. The fourth-order valence-corrected chi connectivity index (χ4v) is 2.58. The molecule has 1 aromatic heterocycles. The van der Waals surface area contributed by atoms with Crippen molar-refractivity contribution < 1.29 is 18.7 Å². The molecule has 6 nitrogen and oxygen atoms in total. The Kier molecular flexibility index (Phi) is 6.75. The van der Waals surface area contributed by atoms with Gasteiger partial charge in [-0.1, -0.05) is 30.3 Å². The molecular weight excluding hydrogens is 361 g/mol. The summed E-state index contributed by atoms with van der Waals surface area (Å²) in [5.41, 5.74) is 1.78. The van der Waals surface area contributed by atoms with Crippen molar-refractivity contribution in [1.82, 2.24) is 15.1 Å². The molecule has 0 radical (unpaired) electrons. The van der Waals surface area contributed by atoms with Crippen molar-refractivity contribution >= 4 is 5.91 Å². The van der Waals surface area contributed by atoms with Crippen LogP contribution in [0.4, 0.5) is 4.39 Å². The molecule has 1 heterocycles. The quantitative estimate of drug-likeness (QED) is 0.576. The van der Waals surface area contributed by atoms with Gasteiger partial charge in [-0.25, -0.2) is 9.07 Å². The number of nitrogens with one attached hydrogen (secondary N) is 1. The summed E-state index contributed by atoms with van der Waals surface area (Å²) in [6.45, 7) is 1.33. The minimum atomic E-state index is -0.340. The van der Waals surface area contributed by atoms with Crippen molar-refractivity contribution in [2.45, 2.75) is 13.0 Å². The number of aromatic nitrogens is 2. The van der Waals surface area contributed by atoms with Crippen molar-refractivity contribution in [1.29, 1.82) is 0 Å². The number of amides is 1. The Morgan fingerprint density at radius 2 is 1.89 bits per heavy atom. The van der Waals surface area contributed by atoms with Crippen LogP contribution in [0.15, 0.2) is 60.8 Å². The van der Waals surface area contributed by atoms with Crippen molar-refractivity contribution in [2.75, 3.05) is 20.3 Å². The molecule has 7 heteroatoms. The minimum Gasteiger partial charge on any atom is -0.485 e. The molecule has 0 bridgehead atoms. The highest BCUT2D eigenvalue weighted by molar-refractivity contribution is 5.94. The fourth-order valence-electron chi connectivity index (χ4n) is 2.58. The van der Waals surface area contributed by atoms with E-state index in [0.29, 0.717) is 37.6 Å². The summed E-state index contributed by atoms with van der Waals surface area (Å²) in [6, 6.07) is 15.5. The predicted octanol–water partition coefficient (Wildman–Crippen LogP) is 3.36. The molecular formula is C21H22FN3O3. The van der Waals surface area contributed by atoms with E-state index in [2.05, 4.69) is 10.4 Å². The Labute approximate surface area is 162 Å². The standard InChI is InChI=1S/C21H22FN3O3/c1-27-13-5-12-23-21(26)20-19(28-15-16-6-3-2-4-7-16)14-25(24-20)18-10-8-17(22)9-11-18/h2-4,6-11,14H,5,12-13,15H2,1H3,(H,23,26). The molecule has 0 aliphatic rings. The third-order valence-corrected chi connectivity index (χ3v) is 4.03. The summed E-state index contributed by atoms with van der Waals surface area (Å²) in [6.07, 6.45) is 2.32. The molecule has 0 atom stereocenters. The number of ether oxygens (including phenoxy) is 2. The summed E-state index contributed by atoms with van der Waals surface area (Å²) in [5, 5.41) is 7.16. The van der Waals surface area contributed by atoms with Crippen LogP contribution in [0.1, 0.15) is 22.5 Å². The van der Waals surface area contributed by atoms with Gasteiger partial charge in [0.1, 0.15) is 12.4 Å². The molecule has 0 saturated heterocycles. The van der Waals surface area contributed by atoms with E-state index in [1.54, 1.807) is 25.4 Å². The first-order valence-electron chi connectivity index (χ1n) is 8.97. The summed E-state index contributed by atoms with van der Waals surface area (Å²) < 4.78 is 25.5. The van der Waals surface area contributed by atoms with Crippen molar-refractivity contribution in [3.05, 3.63) is 77.9 Å². The topological polar surface area (TPSA) is 65.4 Å². The number of methoxy groups -OCH3 is 1. The zero-order chi connectivity index (χ0) is 19.8. The Morgan fingerprint density at radius 3 is 2.61 bits per heavy atom. The first-order valence-corrected chi connectivity index (χ1v) is 8.97. The first-order chi connectivity index (χ1) is 13.7. The van der Waals surface area contributed by atoms with E-state index in [4.69, 9.17) is 9.47 Å². The molecule has 2 aromatic carbocycles. The van der Waals surface area contributed by atoms with Gasteiger partial charge in [0, 0.05) is 20.3 Å². The largest absolute Gasteiger partial charge is 0.485 e. The first kappa shape index (κ1) is 19.6. The van der Waals surface area contributed by atoms with E-state index in [-0.39, 0.29) is 17.4 Å². The van der Waals surface area contributed by atoms with Gasteiger partial charge in [-0.15, -0.1) is 0 Å². The Balaban J connectivity index is 1.80. The normalized spacial score (nSPS) is 10.6. The van der Waals surface area contributed by atoms with E-state index in [1.807, 2.05) is 30.3 Å². The van der Waals surface area contributed by atoms with Gasteiger partial charge >= 0.3 is 0 Å². The summed E-state index contributed by atoms with van der Waals surface area (Å²) in [7, 11) is 1.61. The SMILES string of the molecule is COCCCNC(=O)c1nn(-c2ccc(F)cc2)cc1OCc1ccccc1. The predicted molar refractivity (Wildman–Crippen MR) is 103 cm³/mol. The van der Waals surface area contributed by atoms with Gasteiger partial charge in [0.05, 0.1) is 11.9 Å². The van der Waals surface area contributed by atoms with Crippen LogP contribution >= 0.6 is 0 Å². The summed E-state index contributed by atoms with van der Waals surface area (Å²) in [5.74, 6) is -0.315. The monoisotopic (exact) mass is 383 g/mol. The van der Waals surface area contributed by atoms with Gasteiger partial charge in [-0.2, -0.15) is 5.10 Å². The number of rotatable bonds is 9. The molecule has 0 spiro atoms. The number of carbonyl (C=O) groups excluding carboxylic acids is 1. The lowest BCUT2D eigenvalue weighted by Gasteiger charge is -2.07. The van der Waals surface area contributed by atoms with E-state index in [0.717, 1.165) is 5.56 Å². The van der Waals surface area contributed by atoms with Crippen LogP contribution < -0.4 is 10.1 Å². The van der Waals surface area contributed by atoms with Crippen LogP contribution in [0.3, 0.4) is 0 Å². The fraction of sp³-hybridized carbons (Fsp3) is 0.238. The molecule has 0 aliphatic carbocycles. The Morgan fingerprint density at radius 1 is 1.14 bits per heavy atom. The van der Waals surface area contributed by atoms with Crippen LogP contribution in [0.5, 0.6) is 5.75 Å². The molecule has 3 aromatic rings. The lowest BCUT2D eigenvalue weighted by atomic mass is 10.2. The zero-order valence-corrected chi connectivity index (χ0v) is 15.6. The number of nitrogens with zero attached hydrogens (tertiary/aromatic N) is 2. The third-order valence-electron chi connectivity index (χ3n) is 4.03. The number of halogens is 1. The molecule has 146 valence electrons. The van der Waals surface area contributed by atoms with Gasteiger partial charge in [-0.3, -0.25) is 4.79 Å². The maximum atomic E-state index is 13.2. The molecule has 3 rings (SSSR count). The summed E-state index contributed by atoms with van der Waals surface area (Å²) in [4.78, 5) is 12.6. The third kappa shape index (κ3) is 5.17. The van der Waals surface area contributed by atoms with E-state index < -0.39 is 0 Å². The molecule has 0 fully saturated rings. The zero-order valence-electron chi connectivity index (χ0n) is 15.6. The molecule has 0 saturated carbocycles. The molecule has 28 heavy (non-hydrogen) atoms. The van der Waals surface area contributed by atoms with E-state index >= 15 is 0 Å². The lowest BCUT2D eigenvalue weighted by molar-refractivity contribution is 0.0938. The Hall–Kier alpha value is -3.19. The van der Waals surface area contributed by atoms with Gasteiger partial charge in [0.25, 0.3) is 5.91 Å². The molecule has 0 aliphatic heterocycles. The second kappa shape index (κ2) is 9.66. The van der Waals surface area contributed by atoms with Crippen LogP contribution in [0.25, 0.3) is 5.69 Å². The maximum absolute atomic E-state index is 13.2. The number of carbonyl (C=O) groups is 1. The molecule has 1 amide bonds. The van der Waals surface area contributed by atoms with E-state index in [9.17, 15) is 9.18 Å². The van der Waals surface area contributed by atoms with Crippen LogP contribution in [0.2, 0.25) is 0 Å². The van der Waals surface area contributed by atoms with E-state index in [1.165, 1.54) is 16.8 Å². The maximum Gasteiger partial charge on any atom is 0.275 e. The van der Waals surface area contributed by atoms with Gasteiger partial charge in [0.15, 0.2) is 11.4 Å². The van der Waals surface area contributed by atoms with Crippen LogP contribution in [0, 0.1) is 5.82 Å². The highest BCUT2D eigenvalue weighted by Crippen LogP contribution is 2.21. The number of hydrogen-bond acceptors (Lipinski definition) is 4. The molecule has 0 unspecified atom stereocenters. The second-order valence-electron chi connectivity index (χ2n) is 6.14. The van der Waals surface area contributed by atoms with Gasteiger partial charge < -0.3 is 14.8 Å². The minimum absolute atomic E-state index is 0.178. The van der Waals surface area contributed by atoms with Gasteiger partial charge in [-0.05, 0) is 36.2 Å². The lowest BCUT2D eigenvalue weighted by Crippen LogP contribution is -2.26. The van der Waals surface area contributed by atoms with Crippen molar-refractivity contribution in [3.8, 4) is 11.4 Å². The second-order valence-corrected chi connectivity index (χ2v) is 6.14. The number of benzene rings is 2. The average molecular weight is 383 g/mol. The van der Waals surface area contributed by atoms with Gasteiger partial charge in [0.2, 0.25) is 0 Å². The van der Waals surface area contributed by atoms with Crippen LogP contribution in [-0.2, 0) is 11.3 Å². The number of hydrogen-bond donors (Lipinski definition) is 1.